The summed E-state index contributed by atoms with van der Waals surface area (Å²) in [5, 5.41) is 3.28. The van der Waals surface area contributed by atoms with E-state index in [1.807, 2.05) is 11.8 Å². The second-order valence-electron chi connectivity index (χ2n) is 5.24. The zero-order valence-corrected chi connectivity index (χ0v) is 12.6. The first-order valence-corrected chi connectivity index (χ1v) is 7.31. The third-order valence-electron chi connectivity index (χ3n) is 3.84. The molecule has 0 bridgehead atoms. The highest BCUT2D eigenvalue weighted by Crippen LogP contribution is 2.19. The number of primary amides is 1. The Morgan fingerprint density at radius 2 is 2.10 bits per heavy atom. The molecule has 1 fully saturated rings. The van der Waals surface area contributed by atoms with Crippen LogP contribution in [0.25, 0.3) is 0 Å². The number of nitrogens with one attached hydrogen (secondary N) is 1. The largest absolute Gasteiger partial charge is 0.369 e. The molecule has 0 spiro atoms. The lowest BCUT2D eigenvalue weighted by atomic mass is 9.95. The zero-order chi connectivity index (χ0) is 15.4. The van der Waals surface area contributed by atoms with Crippen LogP contribution in [0.1, 0.15) is 19.8 Å². The number of likely N-dealkylation sites (tertiary alicyclic amines) is 1. The SMILES string of the molecule is C[C@H](C(=O)Nc1ccc(Cl)cn1)N1CCC(C(N)=O)CC1. The second kappa shape index (κ2) is 6.87. The summed E-state index contributed by atoms with van der Waals surface area (Å²) in [5.74, 6) is 0.0252. The third-order valence-corrected chi connectivity index (χ3v) is 4.06. The quantitative estimate of drug-likeness (QED) is 0.876. The smallest absolute Gasteiger partial charge is 0.242 e. The van der Waals surface area contributed by atoms with Crippen LogP contribution in [0.2, 0.25) is 5.02 Å². The van der Waals surface area contributed by atoms with E-state index in [-0.39, 0.29) is 23.8 Å². The average molecular weight is 311 g/mol. The van der Waals surface area contributed by atoms with Crippen LogP contribution < -0.4 is 11.1 Å². The van der Waals surface area contributed by atoms with Gasteiger partial charge < -0.3 is 11.1 Å². The molecule has 1 aromatic rings. The van der Waals surface area contributed by atoms with E-state index in [0.717, 1.165) is 0 Å². The van der Waals surface area contributed by atoms with Crippen molar-refractivity contribution < 1.29 is 9.59 Å². The van der Waals surface area contributed by atoms with Crippen molar-refractivity contribution in [2.75, 3.05) is 18.4 Å². The molecule has 0 aromatic carbocycles. The van der Waals surface area contributed by atoms with E-state index in [1.165, 1.54) is 6.20 Å². The van der Waals surface area contributed by atoms with Gasteiger partial charge in [0, 0.05) is 12.1 Å². The molecule has 6 nitrogen and oxygen atoms in total. The maximum absolute atomic E-state index is 12.2. The van der Waals surface area contributed by atoms with Crippen LogP contribution in [0.15, 0.2) is 18.3 Å². The Morgan fingerprint density at radius 1 is 1.43 bits per heavy atom. The molecule has 0 radical (unpaired) electrons. The fraction of sp³-hybridized carbons (Fsp3) is 0.500. The van der Waals surface area contributed by atoms with Gasteiger partial charge in [-0.05, 0) is 45.0 Å². The monoisotopic (exact) mass is 310 g/mol. The molecular formula is C14H19ClN4O2. The van der Waals surface area contributed by atoms with E-state index >= 15 is 0 Å². The van der Waals surface area contributed by atoms with Crippen molar-refractivity contribution in [2.24, 2.45) is 11.7 Å². The molecule has 2 amide bonds. The first-order chi connectivity index (χ1) is 9.97. The number of pyridine rings is 1. The number of nitrogens with zero attached hydrogens (tertiary/aromatic N) is 2. The highest BCUT2D eigenvalue weighted by Gasteiger charge is 2.28. The maximum atomic E-state index is 12.2. The Kier molecular flexibility index (Phi) is 5.14. The fourth-order valence-electron chi connectivity index (χ4n) is 2.42. The van der Waals surface area contributed by atoms with Gasteiger partial charge in [0.05, 0.1) is 11.1 Å². The molecule has 1 aliphatic rings. The molecule has 3 N–H and O–H groups in total. The summed E-state index contributed by atoms with van der Waals surface area (Å²) in [6, 6.07) is 3.05. The lowest BCUT2D eigenvalue weighted by Crippen LogP contribution is -2.47. The number of hydrogen-bond acceptors (Lipinski definition) is 4. The van der Waals surface area contributed by atoms with E-state index in [0.29, 0.717) is 36.8 Å². The van der Waals surface area contributed by atoms with Crippen LogP contribution in [0.4, 0.5) is 5.82 Å². The average Bonchev–Trinajstić information content (AvgIpc) is 2.49. The highest BCUT2D eigenvalue weighted by atomic mass is 35.5. The van der Waals surface area contributed by atoms with Gasteiger partial charge in [0.1, 0.15) is 5.82 Å². The van der Waals surface area contributed by atoms with Gasteiger partial charge in [-0.15, -0.1) is 0 Å². The number of piperidine rings is 1. The number of aromatic nitrogens is 1. The molecule has 1 atom stereocenters. The maximum Gasteiger partial charge on any atom is 0.242 e. The van der Waals surface area contributed by atoms with Crippen LogP contribution in [0, 0.1) is 5.92 Å². The van der Waals surface area contributed by atoms with Crippen molar-refractivity contribution in [1.82, 2.24) is 9.88 Å². The summed E-state index contributed by atoms with van der Waals surface area (Å²) in [6.45, 7) is 3.22. The number of carbonyl (C=O) groups excluding carboxylic acids is 2. The van der Waals surface area contributed by atoms with Crippen molar-refractivity contribution in [2.45, 2.75) is 25.8 Å². The molecule has 1 aliphatic heterocycles. The van der Waals surface area contributed by atoms with Gasteiger partial charge in [0.2, 0.25) is 11.8 Å². The Balaban J connectivity index is 1.88. The number of rotatable bonds is 4. The standard InChI is InChI=1S/C14H19ClN4O2/c1-9(19-6-4-10(5-7-19)13(16)20)14(21)18-12-3-2-11(15)8-17-12/h2-3,8-10H,4-7H2,1H3,(H2,16,20)(H,17,18,21)/t9-/m1/s1. The van der Waals surface area contributed by atoms with Crippen molar-refractivity contribution >= 4 is 29.2 Å². The predicted octanol–water partition coefficient (Wildman–Crippen LogP) is 1.26. The molecule has 0 saturated carbocycles. The Labute approximate surface area is 128 Å². The van der Waals surface area contributed by atoms with Crippen LogP contribution in [0.3, 0.4) is 0 Å². The molecule has 114 valence electrons. The van der Waals surface area contributed by atoms with E-state index in [1.54, 1.807) is 12.1 Å². The minimum atomic E-state index is -0.281. The molecule has 21 heavy (non-hydrogen) atoms. The number of hydrogen-bond donors (Lipinski definition) is 2. The Morgan fingerprint density at radius 3 is 2.62 bits per heavy atom. The minimum absolute atomic E-state index is 0.0746. The van der Waals surface area contributed by atoms with Gasteiger partial charge >= 0.3 is 0 Å². The molecular weight excluding hydrogens is 292 g/mol. The molecule has 0 aliphatic carbocycles. The topological polar surface area (TPSA) is 88.3 Å². The molecule has 1 aromatic heterocycles. The van der Waals surface area contributed by atoms with Gasteiger partial charge in [-0.25, -0.2) is 4.98 Å². The van der Waals surface area contributed by atoms with Crippen molar-refractivity contribution in [3.8, 4) is 0 Å². The van der Waals surface area contributed by atoms with Crippen LogP contribution >= 0.6 is 11.6 Å². The first kappa shape index (κ1) is 15.7. The summed E-state index contributed by atoms with van der Waals surface area (Å²) in [6.07, 6.45) is 2.89. The zero-order valence-electron chi connectivity index (χ0n) is 11.9. The van der Waals surface area contributed by atoms with E-state index in [9.17, 15) is 9.59 Å². The number of anilines is 1. The van der Waals surface area contributed by atoms with Crippen molar-refractivity contribution in [3.63, 3.8) is 0 Å². The van der Waals surface area contributed by atoms with Crippen molar-refractivity contribution in [1.29, 1.82) is 0 Å². The Bertz CT molecular complexity index is 512. The van der Waals surface area contributed by atoms with Gasteiger partial charge in [-0.2, -0.15) is 0 Å². The normalized spacial score (nSPS) is 18.2. The van der Waals surface area contributed by atoms with Crippen LogP contribution in [-0.2, 0) is 9.59 Å². The lowest BCUT2D eigenvalue weighted by molar-refractivity contribution is -0.124. The van der Waals surface area contributed by atoms with Crippen molar-refractivity contribution in [3.05, 3.63) is 23.4 Å². The summed E-state index contributed by atoms with van der Waals surface area (Å²) < 4.78 is 0. The summed E-state index contributed by atoms with van der Waals surface area (Å²) in [7, 11) is 0. The van der Waals surface area contributed by atoms with E-state index < -0.39 is 0 Å². The summed E-state index contributed by atoms with van der Waals surface area (Å²) in [4.78, 5) is 29.4. The molecule has 0 unspecified atom stereocenters. The summed E-state index contributed by atoms with van der Waals surface area (Å²) in [5.41, 5.74) is 5.31. The lowest BCUT2D eigenvalue weighted by Gasteiger charge is -2.34. The third kappa shape index (κ3) is 4.15. The fourth-order valence-corrected chi connectivity index (χ4v) is 2.53. The van der Waals surface area contributed by atoms with Crippen LogP contribution in [-0.4, -0.2) is 40.8 Å². The number of halogens is 1. The molecule has 2 heterocycles. The minimum Gasteiger partial charge on any atom is -0.369 e. The van der Waals surface area contributed by atoms with Gasteiger partial charge in [-0.1, -0.05) is 11.6 Å². The van der Waals surface area contributed by atoms with E-state index in [2.05, 4.69) is 10.3 Å². The van der Waals surface area contributed by atoms with E-state index in [4.69, 9.17) is 17.3 Å². The molecule has 2 rings (SSSR count). The predicted molar refractivity (Wildman–Crippen MR) is 80.8 cm³/mol. The summed E-state index contributed by atoms with van der Waals surface area (Å²) >= 11 is 5.75. The number of nitrogens with two attached hydrogens (primary N) is 1. The van der Waals surface area contributed by atoms with Gasteiger partial charge in [-0.3, -0.25) is 14.5 Å². The van der Waals surface area contributed by atoms with Crippen LogP contribution in [0.5, 0.6) is 0 Å². The highest BCUT2D eigenvalue weighted by molar-refractivity contribution is 6.30. The molecule has 1 saturated heterocycles. The first-order valence-electron chi connectivity index (χ1n) is 6.93. The number of carbonyl (C=O) groups is 2. The Hall–Kier alpha value is -1.66. The van der Waals surface area contributed by atoms with Gasteiger partial charge in [0.25, 0.3) is 0 Å². The van der Waals surface area contributed by atoms with Gasteiger partial charge in [0.15, 0.2) is 0 Å². The number of amides is 2. The molecule has 7 heteroatoms. The second-order valence-corrected chi connectivity index (χ2v) is 5.68.